The van der Waals surface area contributed by atoms with Crippen molar-refractivity contribution in [3.8, 4) is 0 Å². The van der Waals surface area contributed by atoms with Crippen molar-refractivity contribution in [3.63, 3.8) is 0 Å². The smallest absolute Gasteiger partial charge is 0.253 e. The van der Waals surface area contributed by atoms with Crippen molar-refractivity contribution in [2.75, 3.05) is 19.6 Å². The molecule has 3 nitrogen and oxygen atoms in total. The van der Waals surface area contributed by atoms with Crippen LogP contribution in [0.4, 0.5) is 0 Å². The first-order chi connectivity index (χ1) is 9.20. The van der Waals surface area contributed by atoms with E-state index in [0.29, 0.717) is 6.04 Å². The first kappa shape index (κ1) is 14.1. The van der Waals surface area contributed by atoms with Crippen molar-refractivity contribution in [2.45, 2.75) is 39.2 Å². The molecule has 2 rings (SSSR count). The zero-order valence-corrected chi connectivity index (χ0v) is 12.0. The molecule has 19 heavy (non-hydrogen) atoms. The van der Waals surface area contributed by atoms with E-state index in [-0.39, 0.29) is 5.91 Å². The van der Waals surface area contributed by atoms with E-state index in [1.165, 1.54) is 12.0 Å². The number of piperidine rings is 1. The summed E-state index contributed by atoms with van der Waals surface area (Å²) in [5.41, 5.74) is 2.00. The Labute approximate surface area is 116 Å². The van der Waals surface area contributed by atoms with Gasteiger partial charge in [0, 0.05) is 24.7 Å². The molecular weight excluding hydrogens is 236 g/mol. The van der Waals surface area contributed by atoms with Crippen molar-refractivity contribution in [3.05, 3.63) is 35.4 Å². The number of nitrogens with zero attached hydrogens (tertiary/aromatic N) is 1. The molecule has 0 aromatic heterocycles. The molecule has 1 N–H and O–H groups in total. The fourth-order valence-corrected chi connectivity index (χ4v) is 2.56. The highest BCUT2D eigenvalue weighted by atomic mass is 16.2. The Hall–Kier alpha value is -1.35. The molecule has 1 heterocycles. The van der Waals surface area contributed by atoms with Gasteiger partial charge in [-0.15, -0.1) is 0 Å². The van der Waals surface area contributed by atoms with Gasteiger partial charge in [0.1, 0.15) is 0 Å². The van der Waals surface area contributed by atoms with Crippen LogP contribution in [0, 0.1) is 6.92 Å². The predicted molar refractivity (Wildman–Crippen MR) is 78.4 cm³/mol. The van der Waals surface area contributed by atoms with Crippen LogP contribution in [0.25, 0.3) is 0 Å². The molecule has 0 spiro atoms. The lowest BCUT2D eigenvalue weighted by Gasteiger charge is -2.33. The lowest BCUT2D eigenvalue weighted by molar-refractivity contribution is 0.0695. The van der Waals surface area contributed by atoms with Crippen LogP contribution < -0.4 is 5.32 Å². The molecule has 1 unspecified atom stereocenters. The average molecular weight is 260 g/mol. The molecule has 0 aliphatic carbocycles. The topological polar surface area (TPSA) is 32.3 Å². The molecule has 0 radical (unpaired) electrons. The third-order valence-electron chi connectivity index (χ3n) is 3.69. The lowest BCUT2D eigenvalue weighted by Crippen LogP contribution is -2.48. The highest BCUT2D eigenvalue weighted by molar-refractivity contribution is 5.94. The Balaban J connectivity index is 1.96. The van der Waals surface area contributed by atoms with Gasteiger partial charge in [-0.3, -0.25) is 4.79 Å². The first-order valence-corrected chi connectivity index (χ1v) is 7.30. The summed E-state index contributed by atoms with van der Waals surface area (Å²) in [7, 11) is 0. The van der Waals surface area contributed by atoms with Crippen molar-refractivity contribution in [2.24, 2.45) is 0 Å². The van der Waals surface area contributed by atoms with Crippen molar-refractivity contribution < 1.29 is 4.79 Å². The van der Waals surface area contributed by atoms with Gasteiger partial charge in [0.25, 0.3) is 5.91 Å². The summed E-state index contributed by atoms with van der Waals surface area (Å²) in [5, 5.41) is 3.52. The Kier molecular flexibility index (Phi) is 4.97. The van der Waals surface area contributed by atoms with E-state index >= 15 is 0 Å². The van der Waals surface area contributed by atoms with Crippen molar-refractivity contribution in [1.29, 1.82) is 0 Å². The summed E-state index contributed by atoms with van der Waals surface area (Å²) in [6, 6.07) is 8.33. The van der Waals surface area contributed by atoms with Gasteiger partial charge in [0.2, 0.25) is 0 Å². The van der Waals surface area contributed by atoms with Gasteiger partial charge < -0.3 is 10.2 Å². The zero-order valence-electron chi connectivity index (χ0n) is 12.0. The molecule has 1 aromatic carbocycles. The highest BCUT2D eigenvalue weighted by Gasteiger charge is 2.23. The van der Waals surface area contributed by atoms with Crippen molar-refractivity contribution >= 4 is 5.91 Å². The fourth-order valence-electron chi connectivity index (χ4n) is 2.56. The largest absolute Gasteiger partial charge is 0.337 e. The third kappa shape index (κ3) is 3.80. The van der Waals surface area contributed by atoms with E-state index in [1.54, 1.807) is 0 Å². The minimum absolute atomic E-state index is 0.169. The van der Waals surface area contributed by atoms with Gasteiger partial charge in [0.15, 0.2) is 0 Å². The number of hydrogen-bond donors (Lipinski definition) is 1. The minimum Gasteiger partial charge on any atom is -0.337 e. The first-order valence-electron chi connectivity index (χ1n) is 7.30. The van der Waals surface area contributed by atoms with E-state index in [2.05, 4.69) is 12.2 Å². The summed E-state index contributed by atoms with van der Waals surface area (Å²) in [6.45, 7) is 6.98. The quantitative estimate of drug-likeness (QED) is 0.902. The van der Waals surface area contributed by atoms with Gasteiger partial charge in [-0.05, 0) is 44.9 Å². The average Bonchev–Trinajstić information content (AvgIpc) is 2.45. The van der Waals surface area contributed by atoms with Crippen LogP contribution in [0.15, 0.2) is 24.3 Å². The van der Waals surface area contributed by atoms with E-state index < -0.39 is 0 Å². The summed E-state index contributed by atoms with van der Waals surface area (Å²) >= 11 is 0. The molecule has 3 heteroatoms. The number of carbonyl (C=O) groups excluding carboxylic acids is 1. The number of likely N-dealkylation sites (tertiary alicyclic amines) is 1. The molecule has 1 amide bonds. The van der Waals surface area contributed by atoms with E-state index in [9.17, 15) is 4.79 Å². The molecule has 1 aliphatic rings. The van der Waals surface area contributed by atoms with Gasteiger partial charge in [-0.25, -0.2) is 0 Å². The van der Waals surface area contributed by atoms with Crippen LogP contribution in [-0.2, 0) is 0 Å². The maximum absolute atomic E-state index is 12.4. The van der Waals surface area contributed by atoms with Crippen LogP contribution >= 0.6 is 0 Å². The normalized spacial score (nSPS) is 19.5. The van der Waals surface area contributed by atoms with Crippen LogP contribution in [-0.4, -0.2) is 36.5 Å². The van der Waals surface area contributed by atoms with Crippen LogP contribution in [0.2, 0.25) is 0 Å². The van der Waals surface area contributed by atoms with E-state index in [0.717, 1.165) is 38.0 Å². The number of amides is 1. The Morgan fingerprint density at radius 2 is 2.11 bits per heavy atom. The van der Waals surface area contributed by atoms with Crippen LogP contribution in [0.3, 0.4) is 0 Å². The SMILES string of the molecule is CCCNC1CCCN(C(=O)c2ccc(C)cc2)C1. The van der Waals surface area contributed by atoms with Gasteiger partial charge in [0.05, 0.1) is 0 Å². The van der Waals surface area contributed by atoms with Gasteiger partial charge in [-0.1, -0.05) is 24.6 Å². The highest BCUT2D eigenvalue weighted by Crippen LogP contribution is 2.14. The lowest BCUT2D eigenvalue weighted by atomic mass is 10.0. The second kappa shape index (κ2) is 6.71. The second-order valence-electron chi connectivity index (χ2n) is 5.41. The molecule has 104 valence electrons. The van der Waals surface area contributed by atoms with Gasteiger partial charge in [-0.2, -0.15) is 0 Å². The summed E-state index contributed by atoms with van der Waals surface area (Å²) in [5.74, 6) is 0.169. The molecule has 1 saturated heterocycles. The monoisotopic (exact) mass is 260 g/mol. The number of nitrogens with one attached hydrogen (secondary N) is 1. The third-order valence-corrected chi connectivity index (χ3v) is 3.69. The Morgan fingerprint density at radius 1 is 1.37 bits per heavy atom. The van der Waals surface area contributed by atoms with E-state index in [4.69, 9.17) is 0 Å². The number of rotatable bonds is 4. The van der Waals surface area contributed by atoms with Crippen molar-refractivity contribution in [1.82, 2.24) is 10.2 Å². The second-order valence-corrected chi connectivity index (χ2v) is 5.41. The zero-order chi connectivity index (χ0) is 13.7. The molecular formula is C16H24N2O. The fraction of sp³-hybridized carbons (Fsp3) is 0.562. The summed E-state index contributed by atoms with van der Waals surface area (Å²) in [4.78, 5) is 14.4. The van der Waals surface area contributed by atoms with E-state index in [1.807, 2.05) is 36.1 Å². The summed E-state index contributed by atoms with van der Waals surface area (Å²) < 4.78 is 0. The number of aryl methyl sites for hydroxylation is 1. The molecule has 1 aliphatic heterocycles. The standard InChI is InChI=1S/C16H24N2O/c1-3-10-17-15-5-4-11-18(12-15)16(19)14-8-6-13(2)7-9-14/h6-9,15,17H,3-5,10-12H2,1-2H3. The molecule has 1 atom stereocenters. The Morgan fingerprint density at radius 3 is 2.79 bits per heavy atom. The Bertz CT molecular complexity index is 413. The molecule has 0 bridgehead atoms. The summed E-state index contributed by atoms with van der Waals surface area (Å²) in [6.07, 6.45) is 3.42. The number of hydrogen-bond acceptors (Lipinski definition) is 2. The maximum atomic E-state index is 12.4. The van der Waals surface area contributed by atoms with Crippen LogP contribution in [0.5, 0.6) is 0 Å². The number of benzene rings is 1. The molecule has 1 aromatic rings. The van der Waals surface area contributed by atoms with Crippen LogP contribution in [0.1, 0.15) is 42.1 Å². The maximum Gasteiger partial charge on any atom is 0.253 e. The molecule has 0 saturated carbocycles. The molecule has 1 fully saturated rings. The van der Waals surface area contributed by atoms with Gasteiger partial charge >= 0.3 is 0 Å². The number of carbonyl (C=O) groups is 1. The minimum atomic E-state index is 0.169. The predicted octanol–water partition coefficient (Wildman–Crippen LogP) is 2.60.